The molecule has 1 atom stereocenters. The van der Waals surface area contributed by atoms with Crippen LogP contribution < -0.4 is 0 Å². The molecule has 0 amide bonds. The fraction of sp³-hybridized carbons (Fsp3) is 0.143. The predicted octanol–water partition coefficient (Wildman–Crippen LogP) is 2.97. The average Bonchev–Trinajstić information content (AvgIpc) is 2.38. The number of rotatable bonds is 3. The number of benzene rings is 1. The summed E-state index contributed by atoms with van der Waals surface area (Å²) in [7, 11) is 0. The maximum absolute atomic E-state index is 9.59. The molecule has 0 saturated heterocycles. The van der Waals surface area contributed by atoms with Gasteiger partial charge in [-0.2, -0.15) is 0 Å². The molecule has 0 fully saturated rings. The summed E-state index contributed by atoms with van der Waals surface area (Å²) in [5.74, 6) is 0.240. The van der Waals surface area contributed by atoms with Crippen molar-refractivity contribution in [3.63, 3.8) is 0 Å². The maximum atomic E-state index is 9.59. The number of pyridine rings is 1. The van der Waals surface area contributed by atoms with Crippen LogP contribution in [0, 0.1) is 0 Å². The van der Waals surface area contributed by atoms with Crippen LogP contribution in [-0.2, 0) is 0 Å². The predicted molar refractivity (Wildman–Crippen MR) is 68.4 cm³/mol. The van der Waals surface area contributed by atoms with Crippen LogP contribution in [0.2, 0.25) is 0 Å². The van der Waals surface area contributed by atoms with Gasteiger partial charge in [-0.05, 0) is 31.2 Å². The minimum Gasteiger partial charge on any atom is -0.507 e. The van der Waals surface area contributed by atoms with Crippen molar-refractivity contribution >= 4 is 6.21 Å². The topological polar surface area (TPSA) is 45.5 Å². The van der Waals surface area contributed by atoms with Crippen LogP contribution in [0.4, 0.5) is 0 Å². The van der Waals surface area contributed by atoms with Gasteiger partial charge in [-0.3, -0.25) is 9.98 Å². The number of phenolic OH excluding ortho intramolecular Hbond substituents is 1. The van der Waals surface area contributed by atoms with Gasteiger partial charge < -0.3 is 5.11 Å². The number of nitrogens with zero attached hydrogens (tertiary/aromatic N) is 2. The van der Waals surface area contributed by atoms with Gasteiger partial charge in [0.1, 0.15) is 5.75 Å². The molecule has 0 aliphatic carbocycles. The molecule has 1 heterocycles. The molecule has 0 radical (unpaired) electrons. The van der Waals surface area contributed by atoms with E-state index in [0.717, 1.165) is 11.3 Å². The average molecular weight is 226 g/mol. The summed E-state index contributed by atoms with van der Waals surface area (Å²) in [6, 6.07) is 12.9. The fourth-order valence-electron chi connectivity index (χ4n) is 1.49. The summed E-state index contributed by atoms with van der Waals surface area (Å²) in [6.07, 6.45) is 3.43. The molecule has 1 aromatic carbocycles. The van der Waals surface area contributed by atoms with Gasteiger partial charge in [-0.15, -0.1) is 0 Å². The maximum Gasteiger partial charge on any atom is 0.124 e. The summed E-state index contributed by atoms with van der Waals surface area (Å²) >= 11 is 0. The Labute approximate surface area is 100 Å². The van der Waals surface area contributed by atoms with Gasteiger partial charge in [0, 0.05) is 18.0 Å². The monoisotopic (exact) mass is 226 g/mol. The normalized spacial score (nSPS) is 12.8. The van der Waals surface area contributed by atoms with E-state index in [9.17, 15) is 5.11 Å². The zero-order valence-corrected chi connectivity index (χ0v) is 9.62. The Bertz CT molecular complexity index is 509. The second kappa shape index (κ2) is 5.25. The standard InChI is InChI=1S/C14H14N2O/c1-11(13-7-4-5-9-15-13)16-10-12-6-2-3-8-14(12)17/h2-11,17H,1H3/t11-/m0/s1. The van der Waals surface area contributed by atoms with Crippen LogP contribution in [0.1, 0.15) is 24.2 Å². The molecule has 2 rings (SSSR count). The summed E-state index contributed by atoms with van der Waals surface area (Å²) < 4.78 is 0. The van der Waals surface area contributed by atoms with Gasteiger partial charge in [-0.1, -0.05) is 18.2 Å². The molecule has 86 valence electrons. The van der Waals surface area contributed by atoms with E-state index in [-0.39, 0.29) is 11.8 Å². The highest BCUT2D eigenvalue weighted by atomic mass is 16.3. The molecular weight excluding hydrogens is 212 g/mol. The summed E-state index contributed by atoms with van der Waals surface area (Å²) in [4.78, 5) is 8.62. The lowest BCUT2D eigenvalue weighted by molar-refractivity contribution is 0.474. The Hall–Kier alpha value is -2.16. The first-order chi connectivity index (χ1) is 8.27. The van der Waals surface area contributed by atoms with E-state index in [1.54, 1.807) is 24.5 Å². The van der Waals surface area contributed by atoms with Crippen molar-refractivity contribution in [1.82, 2.24) is 4.98 Å². The molecular formula is C14H14N2O. The van der Waals surface area contributed by atoms with Crippen LogP contribution in [0.5, 0.6) is 5.75 Å². The first kappa shape index (κ1) is 11.3. The van der Waals surface area contributed by atoms with E-state index < -0.39 is 0 Å². The molecule has 0 saturated carbocycles. The van der Waals surface area contributed by atoms with Crippen molar-refractivity contribution < 1.29 is 5.11 Å². The SMILES string of the molecule is C[C@H](N=Cc1ccccc1O)c1ccccn1. The molecule has 0 bridgehead atoms. The van der Waals surface area contributed by atoms with E-state index in [4.69, 9.17) is 0 Å². The van der Waals surface area contributed by atoms with E-state index in [2.05, 4.69) is 9.98 Å². The second-order valence-electron chi connectivity index (χ2n) is 3.77. The van der Waals surface area contributed by atoms with Crippen LogP contribution >= 0.6 is 0 Å². The smallest absolute Gasteiger partial charge is 0.124 e. The van der Waals surface area contributed by atoms with Crippen molar-refractivity contribution in [2.45, 2.75) is 13.0 Å². The Balaban J connectivity index is 2.14. The van der Waals surface area contributed by atoms with Gasteiger partial charge in [-0.25, -0.2) is 0 Å². The third-order valence-electron chi connectivity index (χ3n) is 2.49. The molecule has 17 heavy (non-hydrogen) atoms. The Morgan fingerprint density at radius 2 is 1.94 bits per heavy atom. The van der Waals surface area contributed by atoms with Gasteiger partial charge in [0.05, 0.1) is 11.7 Å². The van der Waals surface area contributed by atoms with Crippen molar-refractivity contribution in [3.8, 4) is 5.75 Å². The van der Waals surface area contributed by atoms with Crippen molar-refractivity contribution in [2.75, 3.05) is 0 Å². The van der Waals surface area contributed by atoms with Crippen molar-refractivity contribution in [3.05, 3.63) is 59.9 Å². The molecule has 0 spiro atoms. The largest absolute Gasteiger partial charge is 0.507 e. The number of phenols is 1. The lowest BCUT2D eigenvalue weighted by atomic mass is 10.2. The van der Waals surface area contributed by atoms with Gasteiger partial charge in [0.2, 0.25) is 0 Å². The van der Waals surface area contributed by atoms with E-state index in [1.165, 1.54) is 0 Å². The lowest BCUT2D eigenvalue weighted by Gasteiger charge is -2.04. The van der Waals surface area contributed by atoms with E-state index >= 15 is 0 Å². The highest BCUT2D eigenvalue weighted by Crippen LogP contribution is 2.16. The molecule has 3 nitrogen and oxygen atoms in total. The highest BCUT2D eigenvalue weighted by Gasteiger charge is 2.03. The molecule has 1 N–H and O–H groups in total. The second-order valence-corrected chi connectivity index (χ2v) is 3.77. The van der Waals surface area contributed by atoms with Crippen molar-refractivity contribution in [2.24, 2.45) is 4.99 Å². The van der Waals surface area contributed by atoms with Gasteiger partial charge in [0.25, 0.3) is 0 Å². The number of para-hydroxylation sites is 1. The molecule has 3 heteroatoms. The molecule has 0 aliphatic heterocycles. The van der Waals surface area contributed by atoms with Gasteiger partial charge in [0.15, 0.2) is 0 Å². The molecule has 2 aromatic rings. The van der Waals surface area contributed by atoms with E-state index in [0.29, 0.717) is 0 Å². The number of aliphatic imine (C=N–C) groups is 1. The third-order valence-corrected chi connectivity index (χ3v) is 2.49. The number of aromatic nitrogens is 1. The number of hydrogen-bond acceptors (Lipinski definition) is 3. The zero-order valence-electron chi connectivity index (χ0n) is 9.62. The first-order valence-corrected chi connectivity index (χ1v) is 5.49. The highest BCUT2D eigenvalue weighted by molar-refractivity contribution is 5.83. The van der Waals surface area contributed by atoms with Gasteiger partial charge >= 0.3 is 0 Å². The zero-order chi connectivity index (χ0) is 12.1. The summed E-state index contributed by atoms with van der Waals surface area (Å²) in [6.45, 7) is 1.97. The quantitative estimate of drug-likeness (QED) is 0.818. The van der Waals surface area contributed by atoms with Crippen LogP contribution in [-0.4, -0.2) is 16.3 Å². The fourth-order valence-corrected chi connectivity index (χ4v) is 1.49. The van der Waals surface area contributed by atoms with Crippen LogP contribution in [0.15, 0.2) is 53.7 Å². The van der Waals surface area contributed by atoms with Crippen LogP contribution in [0.3, 0.4) is 0 Å². The molecule has 1 aromatic heterocycles. The third kappa shape index (κ3) is 2.91. The van der Waals surface area contributed by atoms with Crippen LogP contribution in [0.25, 0.3) is 0 Å². The Kier molecular flexibility index (Phi) is 3.50. The number of hydrogen-bond donors (Lipinski definition) is 1. The minimum absolute atomic E-state index is 0.0178. The molecule has 0 aliphatic rings. The van der Waals surface area contributed by atoms with Crippen molar-refractivity contribution in [1.29, 1.82) is 0 Å². The summed E-state index contributed by atoms with van der Waals surface area (Å²) in [5.41, 5.74) is 1.63. The Morgan fingerprint density at radius 1 is 1.18 bits per heavy atom. The molecule has 0 unspecified atom stereocenters. The Morgan fingerprint density at radius 3 is 2.65 bits per heavy atom. The number of aromatic hydroxyl groups is 1. The summed E-state index contributed by atoms with van der Waals surface area (Å²) in [5, 5.41) is 9.59. The first-order valence-electron chi connectivity index (χ1n) is 5.49. The minimum atomic E-state index is -0.0178. The lowest BCUT2D eigenvalue weighted by Crippen LogP contribution is -1.94. The van der Waals surface area contributed by atoms with E-state index in [1.807, 2.05) is 37.3 Å².